The summed E-state index contributed by atoms with van der Waals surface area (Å²) in [6, 6.07) is 5.88. The maximum Gasteiger partial charge on any atom is 0.260 e. The van der Waals surface area contributed by atoms with E-state index in [9.17, 15) is 13.6 Å². The Morgan fingerprint density at radius 3 is 2.72 bits per heavy atom. The van der Waals surface area contributed by atoms with Crippen LogP contribution in [0.25, 0.3) is 21.6 Å². The van der Waals surface area contributed by atoms with Gasteiger partial charge in [0.25, 0.3) is 12.3 Å². The fraction of sp³-hybridized carbons (Fsp3) is 0.364. The third-order valence-corrected chi connectivity index (χ3v) is 6.80. The predicted molar refractivity (Wildman–Crippen MR) is 119 cm³/mol. The second-order valence-corrected chi connectivity index (χ2v) is 9.14. The summed E-state index contributed by atoms with van der Waals surface area (Å²) < 4.78 is 30.4. The van der Waals surface area contributed by atoms with Gasteiger partial charge in [-0.2, -0.15) is 10.2 Å². The van der Waals surface area contributed by atoms with Gasteiger partial charge < -0.3 is 0 Å². The summed E-state index contributed by atoms with van der Waals surface area (Å²) in [5.74, 6) is 0.119. The van der Waals surface area contributed by atoms with Gasteiger partial charge >= 0.3 is 0 Å². The first-order valence-electron chi connectivity index (χ1n) is 10.3. The molecule has 10 heteroatoms. The van der Waals surface area contributed by atoms with Crippen molar-refractivity contribution in [3.8, 4) is 10.6 Å². The Hall–Kier alpha value is -3.14. The number of hydrogen-bond donors (Lipinski definition) is 0. The summed E-state index contributed by atoms with van der Waals surface area (Å²) in [5, 5.41) is 11.4. The SMILES string of the molecule is Cc1cc2n(n1)C(C(F)F)CC(C)N2C(=O)c1cc(-c2cccs2)nc2c1c(C)nn2C. The number of aromatic nitrogens is 5. The van der Waals surface area contributed by atoms with Crippen LogP contribution in [-0.4, -0.2) is 42.9 Å². The second kappa shape index (κ2) is 7.47. The molecule has 166 valence electrons. The second-order valence-electron chi connectivity index (χ2n) is 8.19. The maximum atomic E-state index is 14.0. The van der Waals surface area contributed by atoms with Crippen molar-refractivity contribution in [2.75, 3.05) is 4.90 Å². The van der Waals surface area contributed by atoms with Gasteiger partial charge in [-0.05, 0) is 44.7 Å². The van der Waals surface area contributed by atoms with E-state index >= 15 is 0 Å². The molecule has 1 aliphatic rings. The van der Waals surface area contributed by atoms with Crippen molar-refractivity contribution in [1.82, 2.24) is 24.5 Å². The van der Waals surface area contributed by atoms with Crippen LogP contribution in [0.4, 0.5) is 14.6 Å². The van der Waals surface area contributed by atoms with E-state index in [0.717, 1.165) is 4.88 Å². The molecule has 0 saturated heterocycles. The third-order valence-electron chi connectivity index (χ3n) is 5.90. The Morgan fingerprint density at radius 1 is 1.25 bits per heavy atom. The number of anilines is 1. The van der Waals surface area contributed by atoms with E-state index in [2.05, 4.69) is 10.2 Å². The van der Waals surface area contributed by atoms with Gasteiger partial charge in [0, 0.05) is 19.2 Å². The van der Waals surface area contributed by atoms with Gasteiger partial charge in [-0.15, -0.1) is 11.3 Å². The molecule has 0 saturated carbocycles. The van der Waals surface area contributed by atoms with Gasteiger partial charge in [-0.25, -0.2) is 18.4 Å². The molecular weight excluding hydrogens is 434 g/mol. The minimum atomic E-state index is -2.56. The number of carbonyl (C=O) groups excluding carboxylic acids is 1. The van der Waals surface area contributed by atoms with Crippen LogP contribution in [0.3, 0.4) is 0 Å². The quantitative estimate of drug-likeness (QED) is 0.446. The summed E-state index contributed by atoms with van der Waals surface area (Å²) in [4.78, 5) is 21.3. The third kappa shape index (κ3) is 3.12. The lowest BCUT2D eigenvalue weighted by Crippen LogP contribution is -2.46. The zero-order valence-electron chi connectivity index (χ0n) is 18.1. The summed E-state index contributed by atoms with van der Waals surface area (Å²) in [6.45, 7) is 5.38. The highest BCUT2D eigenvalue weighted by Gasteiger charge is 2.40. The molecule has 4 aromatic heterocycles. The average molecular weight is 457 g/mol. The molecule has 7 nitrogen and oxygen atoms in total. The fourth-order valence-electron chi connectivity index (χ4n) is 4.52. The van der Waals surface area contributed by atoms with Crippen molar-refractivity contribution in [2.24, 2.45) is 7.05 Å². The highest BCUT2D eigenvalue weighted by atomic mass is 32.1. The zero-order valence-corrected chi connectivity index (χ0v) is 18.9. The summed E-state index contributed by atoms with van der Waals surface area (Å²) in [6.07, 6.45) is -2.44. The number of rotatable bonds is 3. The molecule has 1 amide bonds. The Bertz CT molecular complexity index is 1330. The molecule has 32 heavy (non-hydrogen) atoms. The number of fused-ring (bicyclic) bond motifs is 2. The minimum absolute atomic E-state index is 0.121. The molecule has 0 N–H and O–H groups in total. The van der Waals surface area contributed by atoms with Crippen LogP contribution < -0.4 is 4.90 Å². The summed E-state index contributed by atoms with van der Waals surface area (Å²) >= 11 is 1.53. The number of amides is 1. The Balaban J connectivity index is 1.70. The molecule has 0 spiro atoms. The molecular formula is C22H22F2N6OS. The molecule has 2 atom stereocenters. The van der Waals surface area contributed by atoms with Gasteiger partial charge in [0.2, 0.25) is 0 Å². The Kier molecular flexibility index (Phi) is 4.85. The number of aryl methyl sites for hydroxylation is 3. The number of nitrogens with zero attached hydrogens (tertiary/aromatic N) is 6. The molecule has 4 aromatic rings. The number of hydrogen-bond acceptors (Lipinski definition) is 5. The summed E-state index contributed by atoms with van der Waals surface area (Å²) in [7, 11) is 1.80. The van der Waals surface area contributed by atoms with E-state index in [4.69, 9.17) is 4.98 Å². The lowest BCUT2D eigenvalue weighted by molar-refractivity contribution is 0.0609. The first kappa shape index (κ1) is 20.7. The molecule has 1 aliphatic heterocycles. The number of thiophene rings is 1. The van der Waals surface area contributed by atoms with Gasteiger partial charge in [0.05, 0.1) is 32.9 Å². The fourth-order valence-corrected chi connectivity index (χ4v) is 5.20. The highest BCUT2D eigenvalue weighted by Crippen LogP contribution is 2.38. The van der Waals surface area contributed by atoms with E-state index in [1.54, 1.807) is 42.6 Å². The normalized spacial score (nSPS) is 18.5. The zero-order chi connectivity index (χ0) is 22.7. The monoisotopic (exact) mass is 456 g/mol. The van der Waals surface area contributed by atoms with E-state index in [1.165, 1.54) is 16.0 Å². The van der Waals surface area contributed by atoms with Crippen LogP contribution in [-0.2, 0) is 7.05 Å². The number of carbonyl (C=O) groups is 1. The van der Waals surface area contributed by atoms with Gasteiger partial charge in [0.1, 0.15) is 11.9 Å². The van der Waals surface area contributed by atoms with Crippen molar-refractivity contribution in [3.63, 3.8) is 0 Å². The van der Waals surface area contributed by atoms with Crippen molar-refractivity contribution in [1.29, 1.82) is 0 Å². The summed E-state index contributed by atoms with van der Waals surface area (Å²) in [5.41, 5.74) is 3.03. The van der Waals surface area contributed by atoms with Crippen LogP contribution >= 0.6 is 11.3 Å². The van der Waals surface area contributed by atoms with Crippen LogP contribution in [0.5, 0.6) is 0 Å². The van der Waals surface area contributed by atoms with Crippen molar-refractivity contribution in [3.05, 3.63) is 46.6 Å². The lowest BCUT2D eigenvalue weighted by Gasteiger charge is -2.38. The van der Waals surface area contributed by atoms with E-state index < -0.39 is 18.5 Å². The molecule has 0 aliphatic carbocycles. The van der Waals surface area contributed by atoms with Crippen molar-refractivity contribution < 1.29 is 13.6 Å². The molecule has 2 unspecified atom stereocenters. The average Bonchev–Trinajstić information content (AvgIpc) is 3.46. The minimum Gasteiger partial charge on any atom is -0.290 e. The molecule has 5 heterocycles. The largest absolute Gasteiger partial charge is 0.290 e. The number of pyridine rings is 1. The first-order chi connectivity index (χ1) is 15.3. The number of halogens is 2. The van der Waals surface area contributed by atoms with E-state index in [0.29, 0.717) is 39.5 Å². The topological polar surface area (TPSA) is 68.8 Å². The van der Waals surface area contributed by atoms with Crippen LogP contribution in [0.1, 0.15) is 41.1 Å². The molecule has 0 bridgehead atoms. The Morgan fingerprint density at radius 2 is 2.03 bits per heavy atom. The standard InChI is InChI=1S/C22H22F2N6OS/c1-11-8-18-29(12(2)9-16(20(23)24)30(18)26-11)22(31)14-10-15(17-6-5-7-32-17)25-21-19(14)13(3)27-28(21)4/h5-8,10,12,16,20H,9H2,1-4H3. The van der Waals surface area contributed by atoms with E-state index in [1.807, 2.05) is 24.4 Å². The predicted octanol–water partition coefficient (Wildman–Crippen LogP) is 4.76. The van der Waals surface area contributed by atoms with Crippen LogP contribution in [0.2, 0.25) is 0 Å². The highest BCUT2D eigenvalue weighted by molar-refractivity contribution is 7.13. The van der Waals surface area contributed by atoms with Gasteiger partial charge in [-0.3, -0.25) is 14.4 Å². The van der Waals surface area contributed by atoms with Crippen LogP contribution in [0.15, 0.2) is 29.6 Å². The maximum absolute atomic E-state index is 14.0. The molecule has 0 radical (unpaired) electrons. The van der Waals surface area contributed by atoms with Gasteiger partial charge in [0.15, 0.2) is 5.65 Å². The smallest absolute Gasteiger partial charge is 0.260 e. The van der Waals surface area contributed by atoms with Crippen molar-refractivity contribution in [2.45, 2.75) is 45.7 Å². The Labute approximate surface area is 187 Å². The first-order valence-corrected chi connectivity index (χ1v) is 11.2. The number of alkyl halides is 2. The lowest BCUT2D eigenvalue weighted by atomic mass is 10.0. The molecule has 5 rings (SSSR count). The van der Waals surface area contributed by atoms with Crippen molar-refractivity contribution >= 4 is 34.1 Å². The van der Waals surface area contributed by atoms with Gasteiger partial charge in [-0.1, -0.05) is 6.07 Å². The van der Waals surface area contributed by atoms with E-state index in [-0.39, 0.29) is 12.3 Å². The van der Waals surface area contributed by atoms with Crippen LogP contribution in [0, 0.1) is 13.8 Å². The molecule has 0 fully saturated rings. The molecule has 0 aromatic carbocycles.